The molecular formula is C15H18N4O2S. The van der Waals surface area contributed by atoms with Gasteiger partial charge in [0, 0.05) is 12.1 Å². The number of nitrogens with two attached hydrogens (primary N) is 1. The lowest BCUT2D eigenvalue weighted by Gasteiger charge is -2.08. The van der Waals surface area contributed by atoms with Gasteiger partial charge < -0.3 is 10.5 Å². The molecule has 2 N–H and O–H groups in total. The summed E-state index contributed by atoms with van der Waals surface area (Å²) in [5.74, 6) is 1.30. The Bertz CT molecular complexity index is 652. The van der Waals surface area contributed by atoms with Crippen LogP contribution in [-0.2, 0) is 11.3 Å². The van der Waals surface area contributed by atoms with Crippen molar-refractivity contribution in [2.24, 2.45) is 5.73 Å². The second-order valence-electron chi connectivity index (χ2n) is 4.42. The minimum absolute atomic E-state index is 0.165. The Morgan fingerprint density at radius 3 is 2.73 bits per heavy atom. The number of benzene rings is 1. The highest BCUT2D eigenvalue weighted by Gasteiger charge is 2.14. The van der Waals surface area contributed by atoms with Crippen LogP contribution in [0.2, 0.25) is 0 Å². The quantitative estimate of drug-likeness (QED) is 0.595. The van der Waals surface area contributed by atoms with Gasteiger partial charge in [0.05, 0.1) is 12.4 Å². The molecule has 7 heteroatoms. The molecule has 6 nitrogen and oxygen atoms in total. The second kappa shape index (κ2) is 7.65. The van der Waals surface area contributed by atoms with Crippen LogP contribution < -0.4 is 10.5 Å². The molecule has 1 aromatic carbocycles. The van der Waals surface area contributed by atoms with Gasteiger partial charge in [-0.05, 0) is 31.2 Å². The molecule has 0 unspecified atom stereocenters. The third-order valence-electron chi connectivity index (χ3n) is 2.80. The lowest BCUT2D eigenvalue weighted by Crippen LogP contribution is -2.13. The standard InChI is InChI=1S/C15H18N4O2S/c1-3-9-19-14(17-18-15(19)22-10-13(16)20)11-5-7-12(8-6-11)21-4-2/h3,5-8H,1,4,9-10H2,2H3,(H2,16,20). The summed E-state index contributed by atoms with van der Waals surface area (Å²) in [7, 11) is 0. The van der Waals surface area contributed by atoms with Gasteiger partial charge in [-0.15, -0.1) is 16.8 Å². The summed E-state index contributed by atoms with van der Waals surface area (Å²) in [6.45, 7) is 6.87. The van der Waals surface area contributed by atoms with Crippen molar-refractivity contribution in [1.29, 1.82) is 0 Å². The Kier molecular flexibility index (Phi) is 5.60. The molecule has 0 aliphatic heterocycles. The van der Waals surface area contributed by atoms with Crippen LogP contribution in [0.4, 0.5) is 0 Å². The molecule has 0 bridgehead atoms. The highest BCUT2D eigenvalue weighted by atomic mass is 32.2. The predicted octanol–water partition coefficient (Wildman–Crippen LogP) is 2.11. The van der Waals surface area contributed by atoms with Crippen molar-refractivity contribution in [3.8, 4) is 17.1 Å². The average molecular weight is 318 g/mol. The maximum absolute atomic E-state index is 10.9. The topological polar surface area (TPSA) is 83.0 Å². The van der Waals surface area contributed by atoms with E-state index in [9.17, 15) is 4.79 Å². The third-order valence-corrected chi connectivity index (χ3v) is 3.78. The van der Waals surface area contributed by atoms with E-state index in [0.29, 0.717) is 18.3 Å². The van der Waals surface area contributed by atoms with Crippen molar-refractivity contribution >= 4 is 17.7 Å². The number of allylic oxidation sites excluding steroid dienone is 1. The Morgan fingerprint density at radius 1 is 1.41 bits per heavy atom. The Hall–Kier alpha value is -2.28. The van der Waals surface area contributed by atoms with Crippen molar-refractivity contribution < 1.29 is 9.53 Å². The van der Waals surface area contributed by atoms with Gasteiger partial charge in [0.2, 0.25) is 5.91 Å². The third kappa shape index (κ3) is 3.88. The van der Waals surface area contributed by atoms with Crippen LogP contribution in [0.5, 0.6) is 5.75 Å². The van der Waals surface area contributed by atoms with Gasteiger partial charge in [0.1, 0.15) is 5.75 Å². The zero-order valence-electron chi connectivity index (χ0n) is 12.4. The van der Waals surface area contributed by atoms with Crippen LogP contribution >= 0.6 is 11.8 Å². The van der Waals surface area contributed by atoms with E-state index >= 15 is 0 Å². The lowest BCUT2D eigenvalue weighted by atomic mass is 10.2. The van der Waals surface area contributed by atoms with Crippen molar-refractivity contribution in [3.05, 3.63) is 36.9 Å². The van der Waals surface area contributed by atoms with E-state index in [4.69, 9.17) is 10.5 Å². The first-order valence-electron chi connectivity index (χ1n) is 6.84. The first-order valence-corrected chi connectivity index (χ1v) is 7.82. The molecule has 1 aromatic heterocycles. The number of aromatic nitrogens is 3. The molecule has 0 spiro atoms. The molecule has 0 radical (unpaired) electrons. The summed E-state index contributed by atoms with van der Waals surface area (Å²) in [6.07, 6.45) is 1.76. The van der Waals surface area contributed by atoms with Crippen LogP contribution in [0.15, 0.2) is 42.1 Å². The summed E-state index contributed by atoms with van der Waals surface area (Å²) >= 11 is 1.26. The lowest BCUT2D eigenvalue weighted by molar-refractivity contribution is -0.115. The molecule has 0 saturated heterocycles. The Morgan fingerprint density at radius 2 is 2.14 bits per heavy atom. The molecular weight excluding hydrogens is 300 g/mol. The second-order valence-corrected chi connectivity index (χ2v) is 5.36. The predicted molar refractivity (Wildman–Crippen MR) is 86.7 cm³/mol. The molecule has 0 aliphatic carbocycles. The first kappa shape index (κ1) is 16.1. The van der Waals surface area contributed by atoms with Crippen molar-refractivity contribution in [1.82, 2.24) is 14.8 Å². The number of thioether (sulfide) groups is 1. The van der Waals surface area contributed by atoms with Gasteiger partial charge in [-0.3, -0.25) is 9.36 Å². The number of amides is 1. The number of primary amides is 1. The van der Waals surface area contributed by atoms with Crippen LogP contribution in [0.3, 0.4) is 0 Å². The maximum atomic E-state index is 10.9. The molecule has 2 rings (SSSR count). The molecule has 0 fully saturated rings. The fourth-order valence-electron chi connectivity index (χ4n) is 1.91. The van der Waals surface area contributed by atoms with Crippen LogP contribution in [-0.4, -0.2) is 33.0 Å². The van der Waals surface area contributed by atoms with Gasteiger partial charge in [0.25, 0.3) is 0 Å². The highest BCUT2D eigenvalue weighted by Crippen LogP contribution is 2.25. The summed E-state index contributed by atoms with van der Waals surface area (Å²) in [4.78, 5) is 10.9. The van der Waals surface area contributed by atoms with Crippen LogP contribution in [0.1, 0.15) is 6.92 Å². The molecule has 116 valence electrons. The molecule has 22 heavy (non-hydrogen) atoms. The molecule has 1 heterocycles. The van der Waals surface area contributed by atoms with E-state index in [1.54, 1.807) is 6.08 Å². The minimum Gasteiger partial charge on any atom is -0.494 e. The largest absolute Gasteiger partial charge is 0.494 e. The van der Waals surface area contributed by atoms with Gasteiger partial charge in [-0.25, -0.2) is 0 Å². The number of hydrogen-bond acceptors (Lipinski definition) is 5. The van der Waals surface area contributed by atoms with E-state index in [0.717, 1.165) is 17.1 Å². The SMILES string of the molecule is C=CCn1c(SCC(N)=O)nnc1-c1ccc(OCC)cc1. The summed E-state index contributed by atoms with van der Waals surface area (Å²) < 4.78 is 7.33. The fraction of sp³-hybridized carbons (Fsp3) is 0.267. The highest BCUT2D eigenvalue weighted by molar-refractivity contribution is 7.99. The summed E-state index contributed by atoms with van der Waals surface area (Å²) in [5, 5.41) is 8.98. The molecule has 0 aliphatic rings. The Balaban J connectivity index is 2.29. The molecule has 1 amide bonds. The van der Waals surface area contributed by atoms with Gasteiger partial charge in [0.15, 0.2) is 11.0 Å². The zero-order valence-corrected chi connectivity index (χ0v) is 13.2. The normalized spacial score (nSPS) is 10.4. The van der Waals surface area contributed by atoms with E-state index in [2.05, 4.69) is 16.8 Å². The number of hydrogen-bond donors (Lipinski definition) is 1. The van der Waals surface area contributed by atoms with Crippen molar-refractivity contribution in [2.75, 3.05) is 12.4 Å². The zero-order chi connectivity index (χ0) is 15.9. The van der Waals surface area contributed by atoms with E-state index in [1.807, 2.05) is 35.8 Å². The van der Waals surface area contributed by atoms with Crippen LogP contribution in [0, 0.1) is 0 Å². The van der Waals surface area contributed by atoms with E-state index < -0.39 is 0 Å². The van der Waals surface area contributed by atoms with Crippen molar-refractivity contribution in [3.63, 3.8) is 0 Å². The number of carbonyl (C=O) groups excluding carboxylic acids is 1. The van der Waals surface area contributed by atoms with Crippen molar-refractivity contribution in [2.45, 2.75) is 18.6 Å². The van der Waals surface area contributed by atoms with Gasteiger partial charge in [-0.2, -0.15) is 0 Å². The first-order chi connectivity index (χ1) is 10.7. The maximum Gasteiger partial charge on any atom is 0.227 e. The average Bonchev–Trinajstić information content (AvgIpc) is 2.90. The minimum atomic E-state index is -0.388. The molecule has 0 atom stereocenters. The molecule has 0 saturated carbocycles. The van der Waals surface area contributed by atoms with Gasteiger partial charge >= 0.3 is 0 Å². The molecule has 2 aromatic rings. The van der Waals surface area contributed by atoms with E-state index in [-0.39, 0.29) is 11.7 Å². The Labute approximate surface area is 133 Å². The monoisotopic (exact) mass is 318 g/mol. The fourth-order valence-corrected chi connectivity index (χ4v) is 2.59. The van der Waals surface area contributed by atoms with Gasteiger partial charge in [-0.1, -0.05) is 17.8 Å². The number of nitrogens with zero attached hydrogens (tertiary/aromatic N) is 3. The van der Waals surface area contributed by atoms with E-state index in [1.165, 1.54) is 11.8 Å². The van der Waals surface area contributed by atoms with Crippen LogP contribution in [0.25, 0.3) is 11.4 Å². The summed E-state index contributed by atoms with van der Waals surface area (Å²) in [5.41, 5.74) is 6.10. The smallest absolute Gasteiger partial charge is 0.227 e. The summed E-state index contributed by atoms with van der Waals surface area (Å²) in [6, 6.07) is 7.64. The number of ether oxygens (including phenoxy) is 1. The number of rotatable bonds is 8. The number of carbonyl (C=O) groups is 1.